The molecule has 0 amide bonds. The van der Waals surface area contributed by atoms with Gasteiger partial charge in [0.25, 0.3) is 0 Å². The number of ether oxygens (including phenoxy) is 1. The lowest BCUT2D eigenvalue weighted by Gasteiger charge is -2.08. The molecule has 0 aliphatic heterocycles. The first-order valence-electron chi connectivity index (χ1n) is 5.40. The summed E-state index contributed by atoms with van der Waals surface area (Å²) in [4.78, 5) is 4.14. The third-order valence-corrected chi connectivity index (χ3v) is 2.84. The van der Waals surface area contributed by atoms with Crippen LogP contribution in [0.1, 0.15) is 18.7 Å². The molecule has 2 rings (SSSR count). The lowest BCUT2D eigenvalue weighted by atomic mass is 10.2. The van der Waals surface area contributed by atoms with E-state index in [2.05, 4.69) is 20.9 Å². The highest BCUT2D eigenvalue weighted by Crippen LogP contribution is 2.26. The maximum atomic E-state index is 13.5. The van der Waals surface area contributed by atoms with Gasteiger partial charge in [-0.3, -0.25) is 4.98 Å². The number of benzene rings is 1. The van der Waals surface area contributed by atoms with Crippen LogP contribution in [0.3, 0.4) is 0 Å². The van der Waals surface area contributed by atoms with Crippen molar-refractivity contribution in [3.05, 3.63) is 52.5 Å². The molecular formula is C13H12BrFN2O. The zero-order chi connectivity index (χ0) is 13.1. The van der Waals surface area contributed by atoms with E-state index in [4.69, 9.17) is 10.5 Å². The van der Waals surface area contributed by atoms with Crippen molar-refractivity contribution >= 4 is 15.9 Å². The highest BCUT2D eigenvalue weighted by atomic mass is 79.9. The number of pyridine rings is 1. The van der Waals surface area contributed by atoms with Crippen molar-refractivity contribution in [2.24, 2.45) is 5.73 Å². The molecule has 0 aliphatic carbocycles. The summed E-state index contributed by atoms with van der Waals surface area (Å²) in [6.07, 6.45) is 1.53. The maximum Gasteiger partial charge on any atom is 0.166 e. The van der Waals surface area contributed by atoms with Crippen LogP contribution in [0.25, 0.3) is 0 Å². The Kier molecular flexibility index (Phi) is 3.93. The van der Waals surface area contributed by atoms with Crippen molar-refractivity contribution < 1.29 is 9.13 Å². The molecule has 5 heteroatoms. The fraction of sp³-hybridized carbons (Fsp3) is 0.154. The predicted octanol–water partition coefficient (Wildman–Crippen LogP) is 3.80. The van der Waals surface area contributed by atoms with Gasteiger partial charge in [-0.25, -0.2) is 4.39 Å². The van der Waals surface area contributed by atoms with Crippen LogP contribution in [-0.2, 0) is 0 Å². The second kappa shape index (κ2) is 5.46. The third kappa shape index (κ3) is 3.05. The van der Waals surface area contributed by atoms with E-state index in [9.17, 15) is 4.39 Å². The molecule has 0 bridgehead atoms. The minimum atomic E-state index is -0.430. The average Bonchev–Trinajstić information content (AvgIpc) is 2.33. The van der Waals surface area contributed by atoms with Gasteiger partial charge >= 0.3 is 0 Å². The number of aromatic nitrogens is 1. The summed E-state index contributed by atoms with van der Waals surface area (Å²) >= 11 is 3.19. The molecule has 3 nitrogen and oxygen atoms in total. The number of hydrogen-bond donors (Lipinski definition) is 1. The number of rotatable bonds is 3. The van der Waals surface area contributed by atoms with Gasteiger partial charge in [-0.1, -0.05) is 15.9 Å². The number of halogens is 2. The van der Waals surface area contributed by atoms with Crippen LogP contribution in [0, 0.1) is 5.82 Å². The fourth-order valence-corrected chi connectivity index (χ4v) is 1.74. The van der Waals surface area contributed by atoms with Crippen molar-refractivity contribution in [2.45, 2.75) is 13.0 Å². The highest BCUT2D eigenvalue weighted by Gasteiger charge is 2.06. The Balaban J connectivity index is 2.18. The monoisotopic (exact) mass is 310 g/mol. The van der Waals surface area contributed by atoms with Crippen molar-refractivity contribution in [2.75, 3.05) is 0 Å². The molecule has 94 valence electrons. The summed E-state index contributed by atoms with van der Waals surface area (Å²) in [6, 6.07) is 7.95. The molecule has 0 spiro atoms. The van der Waals surface area contributed by atoms with E-state index in [1.807, 2.05) is 6.92 Å². The summed E-state index contributed by atoms with van der Waals surface area (Å²) < 4.78 is 19.6. The van der Waals surface area contributed by atoms with Gasteiger partial charge in [-0.05, 0) is 37.3 Å². The first-order chi connectivity index (χ1) is 8.56. The largest absolute Gasteiger partial charge is 0.453 e. The van der Waals surface area contributed by atoms with Crippen molar-refractivity contribution in [3.63, 3.8) is 0 Å². The van der Waals surface area contributed by atoms with Crippen LogP contribution >= 0.6 is 15.9 Å². The summed E-state index contributed by atoms with van der Waals surface area (Å²) in [6.45, 7) is 1.84. The zero-order valence-electron chi connectivity index (χ0n) is 9.73. The Morgan fingerprint density at radius 3 is 2.67 bits per heavy atom. The molecule has 0 radical (unpaired) electrons. The Bertz CT molecular complexity index is 543. The number of hydrogen-bond acceptors (Lipinski definition) is 3. The van der Waals surface area contributed by atoms with E-state index in [1.165, 1.54) is 12.3 Å². The minimum Gasteiger partial charge on any atom is -0.453 e. The van der Waals surface area contributed by atoms with Crippen LogP contribution in [0.15, 0.2) is 41.0 Å². The normalized spacial score (nSPS) is 12.2. The van der Waals surface area contributed by atoms with E-state index >= 15 is 0 Å². The van der Waals surface area contributed by atoms with Gasteiger partial charge < -0.3 is 10.5 Å². The number of nitrogens with two attached hydrogens (primary N) is 1. The van der Waals surface area contributed by atoms with Gasteiger partial charge in [-0.15, -0.1) is 0 Å². The van der Waals surface area contributed by atoms with Crippen LogP contribution in [0.4, 0.5) is 4.39 Å². The summed E-state index contributed by atoms with van der Waals surface area (Å²) in [5, 5.41) is 0. The van der Waals surface area contributed by atoms with Gasteiger partial charge in [0.15, 0.2) is 11.6 Å². The highest BCUT2D eigenvalue weighted by molar-refractivity contribution is 9.10. The Labute approximate surface area is 113 Å². The predicted molar refractivity (Wildman–Crippen MR) is 71.0 cm³/mol. The molecular weight excluding hydrogens is 299 g/mol. The standard InChI is InChI=1S/C13H12BrFN2O/c1-8(16)12-4-3-10(7-17-12)18-13-5-2-9(14)6-11(13)15/h2-8H,16H2,1H3. The smallest absolute Gasteiger partial charge is 0.166 e. The molecule has 0 saturated carbocycles. The van der Waals surface area contributed by atoms with E-state index < -0.39 is 5.82 Å². The summed E-state index contributed by atoms with van der Waals surface area (Å²) in [7, 11) is 0. The molecule has 1 heterocycles. The topological polar surface area (TPSA) is 48.1 Å². The van der Waals surface area contributed by atoms with E-state index in [1.54, 1.807) is 24.3 Å². The lowest BCUT2D eigenvalue weighted by Crippen LogP contribution is -2.06. The van der Waals surface area contributed by atoms with Gasteiger partial charge in [0, 0.05) is 10.5 Å². The van der Waals surface area contributed by atoms with Crippen LogP contribution < -0.4 is 10.5 Å². The van der Waals surface area contributed by atoms with E-state index in [0.29, 0.717) is 10.2 Å². The van der Waals surface area contributed by atoms with Crippen LogP contribution in [0.2, 0.25) is 0 Å². The minimum absolute atomic E-state index is 0.136. The molecule has 18 heavy (non-hydrogen) atoms. The first-order valence-corrected chi connectivity index (χ1v) is 6.20. The lowest BCUT2D eigenvalue weighted by molar-refractivity contribution is 0.439. The SMILES string of the molecule is CC(N)c1ccc(Oc2ccc(Br)cc2F)cn1. The molecule has 0 saturated heterocycles. The summed E-state index contributed by atoms with van der Waals surface area (Å²) in [5.41, 5.74) is 6.45. The molecule has 0 aliphatic rings. The van der Waals surface area contributed by atoms with E-state index in [-0.39, 0.29) is 11.8 Å². The fourth-order valence-electron chi connectivity index (χ4n) is 1.41. The molecule has 1 aromatic carbocycles. The Morgan fingerprint density at radius 2 is 2.11 bits per heavy atom. The van der Waals surface area contributed by atoms with Crippen LogP contribution in [-0.4, -0.2) is 4.98 Å². The summed E-state index contributed by atoms with van der Waals surface area (Å²) in [5.74, 6) is 0.204. The second-order valence-electron chi connectivity index (χ2n) is 3.88. The molecule has 2 N–H and O–H groups in total. The van der Waals surface area contributed by atoms with Gasteiger partial charge in [0.05, 0.1) is 11.9 Å². The first kappa shape index (κ1) is 13.0. The van der Waals surface area contributed by atoms with Crippen LogP contribution in [0.5, 0.6) is 11.5 Å². The number of nitrogens with zero attached hydrogens (tertiary/aromatic N) is 1. The average molecular weight is 311 g/mol. The maximum absolute atomic E-state index is 13.5. The van der Waals surface area contributed by atoms with Gasteiger partial charge in [0.2, 0.25) is 0 Å². The molecule has 1 unspecified atom stereocenters. The molecule has 1 atom stereocenters. The third-order valence-electron chi connectivity index (χ3n) is 2.35. The van der Waals surface area contributed by atoms with E-state index in [0.717, 1.165) is 5.69 Å². The van der Waals surface area contributed by atoms with Crippen molar-refractivity contribution in [3.8, 4) is 11.5 Å². The Morgan fingerprint density at radius 1 is 1.33 bits per heavy atom. The zero-order valence-corrected chi connectivity index (χ0v) is 11.3. The van der Waals surface area contributed by atoms with Crippen molar-refractivity contribution in [1.82, 2.24) is 4.98 Å². The Hall–Kier alpha value is -1.46. The van der Waals surface area contributed by atoms with Gasteiger partial charge in [0.1, 0.15) is 5.75 Å². The molecule has 0 fully saturated rings. The second-order valence-corrected chi connectivity index (χ2v) is 4.80. The molecule has 1 aromatic heterocycles. The van der Waals surface area contributed by atoms with Gasteiger partial charge in [-0.2, -0.15) is 0 Å². The van der Waals surface area contributed by atoms with Crippen molar-refractivity contribution in [1.29, 1.82) is 0 Å². The molecule has 2 aromatic rings. The quantitative estimate of drug-likeness (QED) is 0.938.